The zero-order valence-electron chi connectivity index (χ0n) is 29.6. The van der Waals surface area contributed by atoms with E-state index in [4.69, 9.17) is 0 Å². The molecule has 0 aliphatic rings. The van der Waals surface area contributed by atoms with Crippen LogP contribution in [-0.4, -0.2) is 59.3 Å². The molecule has 0 bridgehead atoms. The predicted octanol–water partition coefficient (Wildman–Crippen LogP) is 8.80. The van der Waals surface area contributed by atoms with Gasteiger partial charge in [-0.2, -0.15) is 25.3 Å². The summed E-state index contributed by atoms with van der Waals surface area (Å²) < 4.78 is 103. The van der Waals surface area contributed by atoms with Gasteiger partial charge in [-0.3, -0.25) is 13.7 Å². The van der Waals surface area contributed by atoms with Crippen molar-refractivity contribution in [1.29, 1.82) is 0 Å². The molecule has 300 valence electrons. The number of nitrogens with one attached hydrogen (secondary N) is 1. The summed E-state index contributed by atoms with van der Waals surface area (Å²) in [6, 6.07) is 26.6. The van der Waals surface area contributed by atoms with Gasteiger partial charge in [0.25, 0.3) is 30.4 Å². The van der Waals surface area contributed by atoms with Crippen LogP contribution in [0.4, 0.5) is 34.1 Å². The van der Waals surface area contributed by atoms with Crippen LogP contribution < -0.4 is 5.32 Å². The lowest BCUT2D eigenvalue weighted by molar-refractivity contribution is 0.471. The highest BCUT2D eigenvalue weighted by Crippen LogP contribution is 2.45. The van der Waals surface area contributed by atoms with Crippen molar-refractivity contribution in [3.05, 3.63) is 115 Å². The summed E-state index contributed by atoms with van der Waals surface area (Å²) in [5.41, 5.74) is 0.292. The number of hydrogen-bond acceptors (Lipinski definition) is 15. The minimum Gasteiger partial charge on any atom is -0.506 e. The van der Waals surface area contributed by atoms with Crippen LogP contribution >= 0.6 is 0 Å². The average Bonchev–Trinajstić information content (AvgIpc) is 3.17. The molecule has 0 spiro atoms. The van der Waals surface area contributed by atoms with E-state index in [1.54, 1.807) is 12.1 Å². The van der Waals surface area contributed by atoms with Gasteiger partial charge >= 0.3 is 0 Å². The molecule has 18 nitrogen and oxygen atoms in total. The van der Waals surface area contributed by atoms with E-state index in [1.165, 1.54) is 42.5 Å². The molecule has 0 atom stereocenters. The molecule has 0 aliphatic carbocycles. The minimum absolute atomic E-state index is 0.178. The Morgan fingerprint density at radius 2 is 1.02 bits per heavy atom. The molecule has 0 saturated heterocycles. The molecule has 8 N–H and O–H groups in total. The first kappa shape index (κ1) is 40.2. The van der Waals surface area contributed by atoms with Gasteiger partial charge in [-0.15, -0.1) is 20.5 Å². The van der Waals surface area contributed by atoms with Crippen LogP contribution in [-0.2, 0) is 30.4 Å². The normalized spacial score (nSPS) is 12.5. The third-order valence-corrected chi connectivity index (χ3v) is 11.5. The molecule has 0 amide bonds. The van der Waals surface area contributed by atoms with Gasteiger partial charge in [-0.05, 0) is 89.3 Å². The van der Waals surface area contributed by atoms with Gasteiger partial charge in [0, 0.05) is 27.5 Å². The number of nitrogens with zero attached hydrogens (tertiary/aromatic N) is 4. The Bertz CT molecular complexity index is 3270. The molecule has 0 aromatic heterocycles. The first-order chi connectivity index (χ1) is 27.8. The SMILES string of the molecule is O=S(=O)(O)c1cc2cc(Nc3ccccc3)ccc2c(O)c1N=Nc1ccc(-c2ccc(N=Nc3cc(S(=O)(=O)O)c4cccc(S(=O)(=O)O)c4c3O)c(O)c2)cc1O. The highest BCUT2D eigenvalue weighted by Gasteiger charge is 2.26. The number of hydrogen-bond donors (Lipinski definition) is 8. The van der Waals surface area contributed by atoms with Gasteiger partial charge in [0.2, 0.25) is 0 Å². The maximum atomic E-state index is 12.4. The van der Waals surface area contributed by atoms with E-state index in [0.29, 0.717) is 22.9 Å². The van der Waals surface area contributed by atoms with Crippen LogP contribution in [0.5, 0.6) is 23.0 Å². The van der Waals surface area contributed by atoms with Crippen molar-refractivity contribution in [2.24, 2.45) is 20.5 Å². The first-order valence-electron chi connectivity index (χ1n) is 16.6. The number of azo groups is 2. The van der Waals surface area contributed by atoms with E-state index in [2.05, 4.69) is 25.8 Å². The quantitative estimate of drug-likeness (QED) is 0.0471. The summed E-state index contributed by atoms with van der Waals surface area (Å²) in [6.45, 7) is 0. The van der Waals surface area contributed by atoms with Crippen LogP contribution in [0.15, 0.2) is 150 Å². The fourth-order valence-electron chi connectivity index (χ4n) is 6.08. The molecular formula is C38H27N5O13S3. The van der Waals surface area contributed by atoms with E-state index in [0.717, 1.165) is 30.0 Å². The molecule has 7 rings (SSSR count). The molecule has 7 aromatic carbocycles. The number of para-hydroxylation sites is 1. The lowest BCUT2D eigenvalue weighted by Gasteiger charge is -2.12. The fraction of sp³-hybridized carbons (Fsp3) is 0. The maximum Gasteiger partial charge on any atom is 0.296 e. The molecule has 59 heavy (non-hydrogen) atoms. The Morgan fingerprint density at radius 1 is 0.441 bits per heavy atom. The van der Waals surface area contributed by atoms with Crippen LogP contribution in [0.3, 0.4) is 0 Å². The number of fused-ring (bicyclic) bond motifs is 2. The molecule has 7 aromatic rings. The smallest absolute Gasteiger partial charge is 0.296 e. The van der Waals surface area contributed by atoms with Crippen molar-refractivity contribution in [2.75, 3.05) is 5.32 Å². The molecule has 21 heteroatoms. The van der Waals surface area contributed by atoms with E-state index in [1.807, 2.05) is 30.3 Å². The third-order valence-electron chi connectivity index (χ3n) is 8.79. The minimum atomic E-state index is -5.03. The summed E-state index contributed by atoms with van der Waals surface area (Å²) in [5, 5.41) is 61.3. The summed E-state index contributed by atoms with van der Waals surface area (Å²) in [4.78, 5) is -2.48. The van der Waals surface area contributed by atoms with Gasteiger partial charge in [0.1, 0.15) is 48.9 Å². The zero-order valence-corrected chi connectivity index (χ0v) is 32.0. The summed E-state index contributed by atoms with van der Waals surface area (Å²) in [7, 11) is -15.0. The van der Waals surface area contributed by atoms with Crippen molar-refractivity contribution in [3.8, 4) is 34.1 Å². The molecule has 0 saturated carbocycles. The number of rotatable bonds is 10. The molecular weight excluding hydrogens is 831 g/mol. The van der Waals surface area contributed by atoms with Gasteiger partial charge in [-0.1, -0.05) is 42.5 Å². The first-order valence-corrected chi connectivity index (χ1v) is 20.9. The second-order valence-corrected chi connectivity index (χ2v) is 16.8. The number of phenols is 4. The van der Waals surface area contributed by atoms with Crippen molar-refractivity contribution in [3.63, 3.8) is 0 Å². The van der Waals surface area contributed by atoms with Crippen molar-refractivity contribution in [1.82, 2.24) is 0 Å². The van der Waals surface area contributed by atoms with Crippen molar-refractivity contribution < 1.29 is 59.3 Å². The Balaban J connectivity index is 1.17. The van der Waals surface area contributed by atoms with Crippen molar-refractivity contribution in [2.45, 2.75) is 14.7 Å². The van der Waals surface area contributed by atoms with Crippen LogP contribution in [0.2, 0.25) is 0 Å². The lowest BCUT2D eigenvalue weighted by Crippen LogP contribution is -2.03. The van der Waals surface area contributed by atoms with Gasteiger partial charge in [0.05, 0.1) is 0 Å². The topological polar surface area (TPSA) is 306 Å². The second kappa shape index (κ2) is 15.1. The van der Waals surface area contributed by atoms with Crippen molar-refractivity contribution >= 4 is 86.0 Å². The molecule has 0 heterocycles. The highest BCUT2D eigenvalue weighted by molar-refractivity contribution is 7.86. The maximum absolute atomic E-state index is 12.4. The standard InChI is InChI=1S/C38H27N5O13S3/c44-30-16-20(9-13-27(30)40-42-29-19-33(58(51,52)53)26-7-4-8-32(57(48,49)50)35(26)38(29)47)21-10-14-28(31(45)17-21)41-43-36-34(59(54,55)56)18-22-15-24(11-12-25(22)37(36)46)39-23-5-2-1-3-6-23/h1-19,39,44-47H,(H,48,49,50)(H,51,52,53)(H,54,55,56). The van der Waals surface area contributed by atoms with E-state index < -0.39 is 90.2 Å². The molecule has 0 radical (unpaired) electrons. The molecule has 0 aliphatic heterocycles. The summed E-state index contributed by atoms with van der Waals surface area (Å²) in [6.07, 6.45) is 0. The number of phenolic OH excluding ortho intramolecular Hbond substituents is 4. The third kappa shape index (κ3) is 8.22. The highest BCUT2D eigenvalue weighted by atomic mass is 32.2. The number of aromatic hydroxyl groups is 4. The monoisotopic (exact) mass is 857 g/mol. The number of benzene rings is 7. The average molecular weight is 858 g/mol. The predicted molar refractivity (Wildman–Crippen MR) is 214 cm³/mol. The van der Waals surface area contributed by atoms with Gasteiger partial charge in [0.15, 0.2) is 11.5 Å². The number of anilines is 2. The molecule has 0 unspecified atom stereocenters. The fourth-order valence-corrected chi connectivity index (χ4v) is 8.16. The molecule has 0 fully saturated rings. The largest absolute Gasteiger partial charge is 0.506 e. The second-order valence-electron chi connectivity index (χ2n) is 12.7. The van der Waals surface area contributed by atoms with Crippen LogP contribution in [0.25, 0.3) is 32.7 Å². The lowest BCUT2D eigenvalue weighted by atomic mass is 10.0. The Hall–Kier alpha value is -7.01. The van der Waals surface area contributed by atoms with Gasteiger partial charge in [-0.25, -0.2) is 0 Å². The Labute approximate surface area is 334 Å². The van der Waals surface area contributed by atoms with Crippen LogP contribution in [0.1, 0.15) is 0 Å². The summed E-state index contributed by atoms with van der Waals surface area (Å²) >= 11 is 0. The zero-order chi connectivity index (χ0) is 42.4. The van der Waals surface area contributed by atoms with E-state index >= 15 is 0 Å². The Morgan fingerprint density at radius 3 is 1.59 bits per heavy atom. The summed E-state index contributed by atoms with van der Waals surface area (Å²) in [5.74, 6) is -2.49. The Kier molecular flexibility index (Phi) is 10.3. The van der Waals surface area contributed by atoms with E-state index in [-0.39, 0.29) is 22.1 Å². The van der Waals surface area contributed by atoms with Crippen LogP contribution in [0, 0.1) is 0 Å². The van der Waals surface area contributed by atoms with E-state index in [9.17, 15) is 59.3 Å². The van der Waals surface area contributed by atoms with Gasteiger partial charge < -0.3 is 25.7 Å².